The van der Waals surface area contributed by atoms with Crippen LogP contribution in [0.4, 0.5) is 0 Å². The average molecular weight is 332 g/mol. The molecule has 2 atom stereocenters. The first-order chi connectivity index (χ1) is 9.88. The van der Waals surface area contributed by atoms with Gasteiger partial charge in [0.2, 0.25) is 5.91 Å². The van der Waals surface area contributed by atoms with Crippen molar-refractivity contribution in [2.24, 2.45) is 5.92 Å². The third-order valence-corrected chi connectivity index (χ3v) is 8.02. The van der Waals surface area contributed by atoms with Gasteiger partial charge in [-0.15, -0.1) is 0 Å². The molecule has 2 fully saturated rings. The summed E-state index contributed by atoms with van der Waals surface area (Å²) in [5, 5.41) is 3.79. The van der Waals surface area contributed by atoms with Crippen molar-refractivity contribution in [3.05, 3.63) is 0 Å². The molecule has 2 heterocycles. The SMILES string of the molecule is CC(=O)N1CCN(C[C@H]2NCC(C)CSSC2(C)C)CC1. The van der Waals surface area contributed by atoms with Crippen LogP contribution in [0.1, 0.15) is 27.7 Å². The van der Waals surface area contributed by atoms with Gasteiger partial charge < -0.3 is 10.2 Å². The smallest absolute Gasteiger partial charge is 0.219 e. The first-order valence-corrected chi connectivity index (χ1v) is 10.2. The summed E-state index contributed by atoms with van der Waals surface area (Å²) in [4.78, 5) is 15.9. The Hall–Kier alpha value is 0.0900. The van der Waals surface area contributed by atoms with Gasteiger partial charge in [-0.05, 0) is 26.3 Å². The summed E-state index contributed by atoms with van der Waals surface area (Å²) in [6, 6.07) is 0.502. The third kappa shape index (κ3) is 5.05. The van der Waals surface area contributed by atoms with Crippen molar-refractivity contribution in [2.45, 2.75) is 38.5 Å². The maximum atomic E-state index is 11.4. The summed E-state index contributed by atoms with van der Waals surface area (Å²) in [7, 11) is 4.04. The Morgan fingerprint density at radius 3 is 2.57 bits per heavy atom. The second-order valence-corrected chi connectivity index (χ2v) is 9.84. The van der Waals surface area contributed by atoms with Crippen molar-refractivity contribution in [2.75, 3.05) is 45.0 Å². The van der Waals surface area contributed by atoms with Crippen molar-refractivity contribution in [3.63, 3.8) is 0 Å². The summed E-state index contributed by atoms with van der Waals surface area (Å²) in [6.07, 6.45) is 0. The number of amides is 1. The minimum Gasteiger partial charge on any atom is -0.340 e. The number of carbonyl (C=O) groups excluding carboxylic acids is 1. The van der Waals surface area contributed by atoms with Crippen molar-refractivity contribution < 1.29 is 4.79 Å². The molecule has 21 heavy (non-hydrogen) atoms. The van der Waals surface area contributed by atoms with Crippen LogP contribution in [0.2, 0.25) is 0 Å². The lowest BCUT2D eigenvalue weighted by molar-refractivity contribution is -0.130. The van der Waals surface area contributed by atoms with Crippen LogP contribution in [0.3, 0.4) is 0 Å². The van der Waals surface area contributed by atoms with Crippen LogP contribution < -0.4 is 5.32 Å². The van der Waals surface area contributed by atoms with Gasteiger partial charge in [0, 0.05) is 56.2 Å². The van der Waals surface area contributed by atoms with E-state index >= 15 is 0 Å². The highest BCUT2D eigenvalue weighted by atomic mass is 33.1. The van der Waals surface area contributed by atoms with E-state index in [-0.39, 0.29) is 10.7 Å². The van der Waals surface area contributed by atoms with E-state index in [0.29, 0.717) is 6.04 Å². The molecule has 0 aromatic heterocycles. The lowest BCUT2D eigenvalue weighted by Crippen LogP contribution is -2.57. The zero-order valence-corrected chi connectivity index (χ0v) is 15.4. The number of nitrogens with one attached hydrogen (secondary N) is 1. The van der Waals surface area contributed by atoms with Crippen molar-refractivity contribution in [1.29, 1.82) is 0 Å². The van der Waals surface area contributed by atoms with Crippen LogP contribution in [0.5, 0.6) is 0 Å². The molecule has 0 aromatic carbocycles. The Balaban J connectivity index is 1.89. The maximum absolute atomic E-state index is 11.4. The molecule has 2 aliphatic rings. The van der Waals surface area contributed by atoms with E-state index < -0.39 is 0 Å². The minimum atomic E-state index is 0.208. The average Bonchev–Trinajstić information content (AvgIpc) is 2.42. The Morgan fingerprint density at radius 1 is 1.29 bits per heavy atom. The topological polar surface area (TPSA) is 35.6 Å². The standard InChI is InChI=1S/C15H29N3OS2/c1-12-9-16-14(15(3,4)21-20-11-12)10-17-5-7-18(8-6-17)13(2)19/h12,14,16H,5-11H2,1-4H3/t12?,14-/m1/s1. The molecular weight excluding hydrogens is 302 g/mol. The molecule has 122 valence electrons. The zero-order valence-electron chi connectivity index (χ0n) is 13.7. The van der Waals surface area contributed by atoms with Crippen molar-refractivity contribution >= 4 is 27.5 Å². The van der Waals surface area contributed by atoms with E-state index in [1.54, 1.807) is 6.92 Å². The van der Waals surface area contributed by atoms with E-state index in [0.717, 1.165) is 45.2 Å². The Kier molecular flexibility index (Phi) is 6.29. The second kappa shape index (κ2) is 7.57. The van der Waals surface area contributed by atoms with Gasteiger partial charge in [-0.1, -0.05) is 28.5 Å². The van der Waals surface area contributed by atoms with E-state index in [4.69, 9.17) is 0 Å². The molecule has 2 aliphatic heterocycles. The third-order valence-electron chi connectivity index (χ3n) is 4.44. The predicted molar refractivity (Wildman–Crippen MR) is 93.8 cm³/mol. The van der Waals surface area contributed by atoms with Crippen LogP contribution in [0.15, 0.2) is 0 Å². The summed E-state index contributed by atoms with van der Waals surface area (Å²) >= 11 is 0. The van der Waals surface area contributed by atoms with Gasteiger partial charge in [0.25, 0.3) is 0 Å². The maximum Gasteiger partial charge on any atom is 0.219 e. The Labute approximate surface area is 137 Å². The molecule has 6 heteroatoms. The number of nitrogens with zero attached hydrogens (tertiary/aromatic N) is 2. The summed E-state index contributed by atoms with van der Waals surface area (Å²) in [5.41, 5.74) is 0. The van der Waals surface area contributed by atoms with Crippen LogP contribution in [-0.4, -0.2) is 71.5 Å². The Morgan fingerprint density at radius 2 is 1.95 bits per heavy atom. The molecule has 1 amide bonds. The van der Waals surface area contributed by atoms with Gasteiger partial charge in [0.15, 0.2) is 0 Å². The highest BCUT2D eigenvalue weighted by Gasteiger charge is 2.34. The molecule has 2 rings (SSSR count). The van der Waals surface area contributed by atoms with Crippen molar-refractivity contribution in [1.82, 2.24) is 15.1 Å². The number of hydrogen-bond acceptors (Lipinski definition) is 5. The predicted octanol–water partition coefficient (Wildman–Crippen LogP) is 1.92. The normalized spacial score (nSPS) is 31.5. The van der Waals surface area contributed by atoms with Crippen LogP contribution >= 0.6 is 21.6 Å². The van der Waals surface area contributed by atoms with Crippen LogP contribution in [-0.2, 0) is 4.79 Å². The molecule has 0 radical (unpaired) electrons. The summed E-state index contributed by atoms with van der Waals surface area (Å²) in [5.74, 6) is 2.17. The highest BCUT2D eigenvalue weighted by Crippen LogP contribution is 2.40. The number of rotatable bonds is 2. The molecule has 1 unspecified atom stereocenters. The molecule has 1 N–H and O–H groups in total. The van der Waals surface area contributed by atoms with Gasteiger partial charge >= 0.3 is 0 Å². The summed E-state index contributed by atoms with van der Waals surface area (Å²) in [6.45, 7) is 14.6. The first kappa shape index (κ1) is 17.4. The monoisotopic (exact) mass is 331 g/mol. The van der Waals surface area contributed by atoms with Gasteiger partial charge in [-0.25, -0.2) is 0 Å². The van der Waals surface area contributed by atoms with Crippen LogP contribution in [0, 0.1) is 5.92 Å². The fraction of sp³-hybridized carbons (Fsp3) is 0.933. The minimum absolute atomic E-state index is 0.208. The number of carbonyl (C=O) groups is 1. The zero-order chi connectivity index (χ0) is 15.5. The van der Waals surface area contributed by atoms with Crippen molar-refractivity contribution in [3.8, 4) is 0 Å². The molecular formula is C15H29N3OS2. The molecule has 0 aliphatic carbocycles. The van der Waals surface area contributed by atoms with Gasteiger partial charge in [0.1, 0.15) is 0 Å². The lowest BCUT2D eigenvalue weighted by Gasteiger charge is -2.42. The fourth-order valence-electron chi connectivity index (χ4n) is 2.80. The van der Waals surface area contributed by atoms with E-state index in [9.17, 15) is 4.79 Å². The van der Waals surface area contributed by atoms with Crippen LogP contribution in [0.25, 0.3) is 0 Å². The highest BCUT2D eigenvalue weighted by molar-refractivity contribution is 8.77. The van der Waals surface area contributed by atoms with E-state index in [2.05, 4.69) is 31.0 Å². The van der Waals surface area contributed by atoms with Gasteiger partial charge in [-0.3, -0.25) is 9.69 Å². The van der Waals surface area contributed by atoms with Gasteiger partial charge in [0.05, 0.1) is 0 Å². The van der Waals surface area contributed by atoms with E-state index in [1.807, 2.05) is 26.5 Å². The Bertz CT molecular complexity index is 357. The fourth-order valence-corrected chi connectivity index (χ4v) is 5.95. The van der Waals surface area contributed by atoms with E-state index in [1.165, 1.54) is 5.75 Å². The summed E-state index contributed by atoms with van der Waals surface area (Å²) < 4.78 is 0.239. The first-order valence-electron chi connectivity index (χ1n) is 7.90. The lowest BCUT2D eigenvalue weighted by atomic mass is 10.0. The molecule has 0 saturated carbocycles. The second-order valence-electron chi connectivity index (χ2n) is 6.84. The molecule has 0 spiro atoms. The van der Waals surface area contributed by atoms with Gasteiger partial charge in [-0.2, -0.15) is 0 Å². The number of hydrogen-bond donors (Lipinski definition) is 1. The largest absolute Gasteiger partial charge is 0.340 e. The molecule has 2 saturated heterocycles. The molecule has 4 nitrogen and oxygen atoms in total. The quantitative estimate of drug-likeness (QED) is 0.782. The number of piperazine rings is 1. The molecule has 0 aromatic rings. The molecule has 0 bridgehead atoms.